The number of nitrogens with zero attached hydrogens (tertiary/aromatic N) is 1. The van der Waals surface area contributed by atoms with Gasteiger partial charge in [-0.3, -0.25) is 9.59 Å². The number of hydrogen-bond acceptors (Lipinski definition) is 6. The van der Waals surface area contributed by atoms with Crippen molar-refractivity contribution in [1.29, 1.82) is 0 Å². The number of carbonyl (C=O) groups is 2. The van der Waals surface area contributed by atoms with Gasteiger partial charge in [-0.15, -0.1) is 0 Å². The van der Waals surface area contributed by atoms with E-state index in [9.17, 15) is 19.8 Å². The van der Waals surface area contributed by atoms with Crippen LogP contribution in [0.25, 0.3) is 10.9 Å². The largest absolute Gasteiger partial charge is 0.463 e. The Morgan fingerprint density at radius 3 is 2.64 bits per heavy atom. The van der Waals surface area contributed by atoms with Crippen molar-refractivity contribution in [3.8, 4) is 0 Å². The number of aldehydes is 1. The topological polar surface area (TPSA) is 98.0 Å². The van der Waals surface area contributed by atoms with Crippen LogP contribution in [0, 0.1) is 0 Å². The van der Waals surface area contributed by atoms with Gasteiger partial charge in [-0.25, -0.2) is 0 Å². The summed E-state index contributed by atoms with van der Waals surface area (Å²) in [5, 5.41) is 21.6. The number of hydrogen-bond donors (Lipinski definition) is 2. The Morgan fingerprint density at radius 1 is 1.32 bits per heavy atom. The van der Waals surface area contributed by atoms with Crippen LogP contribution >= 0.6 is 34.8 Å². The molecule has 1 aliphatic rings. The minimum Gasteiger partial charge on any atom is -0.463 e. The van der Waals surface area contributed by atoms with E-state index < -0.39 is 36.9 Å². The third-order valence-electron chi connectivity index (χ3n) is 4.51. The minimum atomic E-state index is -1.42. The van der Waals surface area contributed by atoms with Gasteiger partial charge in [-0.05, 0) is 18.5 Å². The molecule has 0 aliphatic carbocycles. The fraction of sp³-hybridized carbons (Fsp3) is 0.444. The first-order chi connectivity index (χ1) is 13.6. The second-order valence-electron chi connectivity index (χ2n) is 6.32. The van der Waals surface area contributed by atoms with E-state index in [2.05, 4.69) is 0 Å². The standard InChI is InChI=1S/C18H18Cl3NO6/c1-2-3-14(24)27-7-13-15(25)16(26)18(28-13)22-12-5-11(20)10(19)4-8(12)9(6-23)17(22)21/h4-6,13,15-16,18,25-26H,2-3,7H2,1H3/t13-,15-,16-,18?/m1/s1/i2D/t2?,13-,15-,16-,18?. The monoisotopic (exact) mass is 450 g/mol. The zero-order valence-electron chi connectivity index (χ0n) is 15.6. The first kappa shape index (κ1) is 19.9. The summed E-state index contributed by atoms with van der Waals surface area (Å²) in [5.74, 6) is -0.615. The van der Waals surface area contributed by atoms with Gasteiger partial charge in [0.15, 0.2) is 12.5 Å². The molecule has 2 N–H and O–H groups in total. The number of aromatic nitrogens is 1. The van der Waals surface area contributed by atoms with E-state index in [1.807, 2.05) is 0 Å². The van der Waals surface area contributed by atoms with Crippen LogP contribution < -0.4 is 0 Å². The number of rotatable bonds is 6. The van der Waals surface area contributed by atoms with Crippen LogP contribution in [-0.2, 0) is 14.3 Å². The number of esters is 1. The third kappa shape index (κ3) is 3.75. The summed E-state index contributed by atoms with van der Waals surface area (Å²) in [6, 6.07) is 2.95. The van der Waals surface area contributed by atoms with Gasteiger partial charge in [0.2, 0.25) is 0 Å². The molecule has 0 amide bonds. The molecular weight excluding hydrogens is 433 g/mol. The van der Waals surface area contributed by atoms with E-state index in [0.29, 0.717) is 17.2 Å². The van der Waals surface area contributed by atoms with Crippen LogP contribution in [0.15, 0.2) is 12.1 Å². The van der Waals surface area contributed by atoms with Crippen molar-refractivity contribution < 1.29 is 30.6 Å². The van der Waals surface area contributed by atoms with E-state index >= 15 is 0 Å². The Hall–Kier alpha value is -1.35. The molecule has 2 aromatic rings. The molecule has 2 heterocycles. The van der Waals surface area contributed by atoms with Crippen molar-refractivity contribution >= 4 is 58.0 Å². The number of benzene rings is 1. The average molecular weight is 452 g/mol. The summed E-state index contributed by atoms with van der Waals surface area (Å²) in [5.41, 5.74) is 0.508. The Bertz CT molecular complexity index is 950. The van der Waals surface area contributed by atoms with Gasteiger partial charge in [0, 0.05) is 13.2 Å². The molecular formula is C18H18Cl3NO6. The molecule has 0 saturated carbocycles. The van der Waals surface area contributed by atoms with Crippen molar-refractivity contribution in [2.75, 3.05) is 6.61 Å². The molecule has 10 heteroatoms. The molecule has 0 radical (unpaired) electrons. The maximum Gasteiger partial charge on any atom is 0.305 e. The van der Waals surface area contributed by atoms with E-state index in [1.165, 1.54) is 16.7 Å². The summed E-state index contributed by atoms with van der Waals surface area (Å²) in [6.07, 6.45) is -5.18. The lowest BCUT2D eigenvalue weighted by atomic mass is 10.1. The quantitative estimate of drug-likeness (QED) is 0.516. The highest BCUT2D eigenvalue weighted by Crippen LogP contribution is 2.40. The maximum absolute atomic E-state index is 11.7. The van der Waals surface area contributed by atoms with Gasteiger partial charge in [0.05, 0.1) is 21.1 Å². The van der Waals surface area contributed by atoms with Crippen LogP contribution in [0.4, 0.5) is 0 Å². The molecule has 1 aromatic heterocycles. The third-order valence-corrected chi connectivity index (χ3v) is 5.62. The number of halogens is 3. The summed E-state index contributed by atoms with van der Waals surface area (Å²) < 4.78 is 19.4. The van der Waals surface area contributed by atoms with Crippen LogP contribution in [0.3, 0.4) is 0 Å². The van der Waals surface area contributed by atoms with Crippen LogP contribution in [-0.4, -0.2) is 52.0 Å². The predicted molar refractivity (Wildman–Crippen MR) is 104 cm³/mol. The highest BCUT2D eigenvalue weighted by Gasteiger charge is 2.45. The van der Waals surface area contributed by atoms with Crippen LogP contribution in [0.2, 0.25) is 15.2 Å². The second kappa shape index (κ2) is 8.57. The molecule has 1 aliphatic heterocycles. The highest BCUT2D eigenvalue weighted by atomic mass is 35.5. The molecule has 28 heavy (non-hydrogen) atoms. The number of aliphatic hydroxyl groups excluding tert-OH is 2. The van der Waals surface area contributed by atoms with Crippen molar-refractivity contribution in [2.45, 2.75) is 44.3 Å². The lowest BCUT2D eigenvalue weighted by molar-refractivity contribution is -0.150. The van der Waals surface area contributed by atoms with Crippen molar-refractivity contribution in [3.05, 3.63) is 32.9 Å². The summed E-state index contributed by atoms with van der Waals surface area (Å²) in [4.78, 5) is 23.2. The molecule has 152 valence electrons. The second-order valence-corrected chi connectivity index (χ2v) is 7.49. The Kier molecular flexibility index (Phi) is 6.10. The van der Waals surface area contributed by atoms with E-state index in [4.69, 9.17) is 45.6 Å². The van der Waals surface area contributed by atoms with Crippen LogP contribution in [0.1, 0.15) is 37.7 Å². The molecule has 7 nitrogen and oxygen atoms in total. The fourth-order valence-corrected chi connectivity index (χ4v) is 3.79. The fourth-order valence-electron chi connectivity index (χ4n) is 3.14. The van der Waals surface area contributed by atoms with Gasteiger partial charge in [0.25, 0.3) is 0 Å². The zero-order chi connectivity index (χ0) is 21.5. The number of fused-ring (bicyclic) bond motifs is 1. The van der Waals surface area contributed by atoms with Gasteiger partial charge < -0.3 is 24.3 Å². The van der Waals surface area contributed by atoms with E-state index in [-0.39, 0.29) is 33.8 Å². The lowest BCUT2D eigenvalue weighted by Gasteiger charge is -2.19. The Labute approximate surface area is 177 Å². The molecule has 1 aromatic carbocycles. The van der Waals surface area contributed by atoms with Crippen molar-refractivity contribution in [2.24, 2.45) is 0 Å². The molecule has 1 fully saturated rings. The number of carbonyl (C=O) groups excluding carboxylic acids is 2. The molecule has 0 bridgehead atoms. The minimum absolute atomic E-state index is 0.0229. The predicted octanol–water partition coefficient (Wildman–Crippen LogP) is 3.38. The number of aliphatic hydroxyl groups is 2. The molecule has 1 saturated heterocycles. The first-order valence-corrected chi connectivity index (χ1v) is 9.52. The van der Waals surface area contributed by atoms with Gasteiger partial charge in [0.1, 0.15) is 30.1 Å². The van der Waals surface area contributed by atoms with Gasteiger partial charge in [-0.2, -0.15) is 0 Å². The Morgan fingerprint density at radius 2 is 2.00 bits per heavy atom. The molecule has 0 spiro atoms. The normalized spacial score (nSPS) is 26.3. The lowest BCUT2D eigenvalue weighted by Crippen LogP contribution is -2.34. The highest BCUT2D eigenvalue weighted by molar-refractivity contribution is 6.43. The van der Waals surface area contributed by atoms with E-state index in [1.54, 1.807) is 6.92 Å². The average Bonchev–Trinajstić information content (AvgIpc) is 3.06. The molecule has 2 unspecified atom stereocenters. The molecule has 5 atom stereocenters. The summed E-state index contributed by atoms with van der Waals surface area (Å²) in [6.45, 7) is 1.23. The molecule has 3 rings (SSSR count). The van der Waals surface area contributed by atoms with Gasteiger partial charge in [-0.1, -0.05) is 41.7 Å². The maximum atomic E-state index is 11.7. The van der Waals surface area contributed by atoms with Crippen molar-refractivity contribution in [1.82, 2.24) is 4.57 Å². The SMILES string of the molecule is [2H]C(C)CC(=O)OC[C@H]1OC(n2c(Cl)c(C=O)c3cc(Cl)c(Cl)cc32)[C@H](O)[C@@H]1O. The smallest absolute Gasteiger partial charge is 0.305 e. The van der Waals surface area contributed by atoms with Gasteiger partial charge >= 0.3 is 5.97 Å². The van der Waals surface area contributed by atoms with Crippen molar-refractivity contribution in [3.63, 3.8) is 0 Å². The van der Waals surface area contributed by atoms with E-state index in [0.717, 1.165) is 0 Å². The number of ether oxygens (including phenoxy) is 2. The summed E-state index contributed by atoms with van der Waals surface area (Å²) >= 11 is 18.5. The Balaban J connectivity index is 1.92. The zero-order valence-corrected chi connectivity index (χ0v) is 16.9. The first-order valence-electron chi connectivity index (χ1n) is 8.96. The van der Waals surface area contributed by atoms with Crippen LogP contribution in [0.5, 0.6) is 0 Å². The summed E-state index contributed by atoms with van der Waals surface area (Å²) in [7, 11) is 0.